The zero-order valence-corrected chi connectivity index (χ0v) is 18.4. The maximum atomic E-state index is 4.87. The summed E-state index contributed by atoms with van der Waals surface area (Å²) in [5, 5.41) is 6.85. The van der Waals surface area contributed by atoms with Gasteiger partial charge in [-0.3, -0.25) is 0 Å². The van der Waals surface area contributed by atoms with E-state index in [4.69, 9.17) is 5.10 Å². The van der Waals surface area contributed by atoms with Crippen LogP contribution in [-0.2, 0) is 6.42 Å². The monoisotopic (exact) mass is 417 g/mol. The molecule has 32 heavy (non-hydrogen) atoms. The highest BCUT2D eigenvalue weighted by atomic mass is 15.5. The first-order valence-corrected chi connectivity index (χ1v) is 11.2. The van der Waals surface area contributed by atoms with Crippen LogP contribution in [0.3, 0.4) is 0 Å². The summed E-state index contributed by atoms with van der Waals surface area (Å²) in [4.78, 5) is 2.44. The molecule has 5 rings (SSSR count). The van der Waals surface area contributed by atoms with Gasteiger partial charge in [-0.05, 0) is 85.0 Å². The van der Waals surface area contributed by atoms with E-state index in [1.54, 1.807) is 0 Å². The number of benzene rings is 4. The molecule has 1 aliphatic heterocycles. The molecule has 0 saturated heterocycles. The number of rotatable bonds is 5. The Morgan fingerprint density at radius 1 is 0.781 bits per heavy atom. The Morgan fingerprint density at radius 3 is 2.19 bits per heavy atom. The third-order valence-corrected chi connectivity index (χ3v) is 5.86. The Kier molecular flexibility index (Phi) is 5.71. The van der Waals surface area contributed by atoms with E-state index < -0.39 is 0 Å². The highest BCUT2D eigenvalue weighted by molar-refractivity contribution is 5.84. The van der Waals surface area contributed by atoms with Crippen LogP contribution in [0.25, 0.3) is 0 Å². The second-order valence-corrected chi connectivity index (χ2v) is 8.21. The van der Waals surface area contributed by atoms with Gasteiger partial charge < -0.3 is 4.90 Å². The first kappa shape index (κ1) is 20.1. The number of hydrazone groups is 1. The third kappa shape index (κ3) is 4.28. The molecule has 0 bridgehead atoms. The lowest BCUT2D eigenvalue weighted by atomic mass is 9.98. The SMILES string of the molecule is Cc1cccc(N2CCCc3cc(/C=N/N(c4ccccc4)c4ccccc4)ccc32)c1. The minimum absolute atomic E-state index is 1.04. The van der Waals surface area contributed by atoms with E-state index in [9.17, 15) is 0 Å². The highest BCUT2D eigenvalue weighted by Crippen LogP contribution is 2.34. The maximum absolute atomic E-state index is 4.87. The van der Waals surface area contributed by atoms with E-state index in [-0.39, 0.29) is 0 Å². The molecular formula is C29H27N3. The molecule has 0 atom stereocenters. The minimum atomic E-state index is 1.04. The summed E-state index contributed by atoms with van der Waals surface area (Å²) in [6.45, 7) is 3.21. The van der Waals surface area contributed by atoms with Crippen LogP contribution < -0.4 is 9.91 Å². The van der Waals surface area contributed by atoms with E-state index in [0.29, 0.717) is 0 Å². The second-order valence-electron chi connectivity index (χ2n) is 8.21. The van der Waals surface area contributed by atoms with Crippen LogP contribution in [0, 0.1) is 6.92 Å². The van der Waals surface area contributed by atoms with Gasteiger partial charge in [0.1, 0.15) is 0 Å². The Labute approximate surface area is 190 Å². The molecule has 1 heterocycles. The van der Waals surface area contributed by atoms with Crippen LogP contribution in [0.2, 0.25) is 0 Å². The van der Waals surface area contributed by atoms with Gasteiger partial charge >= 0.3 is 0 Å². The van der Waals surface area contributed by atoms with Crippen LogP contribution in [0.5, 0.6) is 0 Å². The molecule has 158 valence electrons. The predicted octanol–water partition coefficient (Wildman–Crippen LogP) is 7.25. The van der Waals surface area contributed by atoms with Crippen LogP contribution >= 0.6 is 0 Å². The quantitative estimate of drug-likeness (QED) is 0.251. The molecule has 0 N–H and O–H groups in total. The summed E-state index contributed by atoms with van der Waals surface area (Å²) in [6, 6.07) is 36.0. The van der Waals surface area contributed by atoms with Gasteiger partial charge in [0.15, 0.2) is 0 Å². The van der Waals surface area contributed by atoms with Gasteiger partial charge in [-0.15, -0.1) is 0 Å². The maximum Gasteiger partial charge on any atom is 0.0652 e. The smallest absolute Gasteiger partial charge is 0.0652 e. The highest BCUT2D eigenvalue weighted by Gasteiger charge is 2.18. The lowest BCUT2D eigenvalue weighted by Gasteiger charge is -2.32. The number of fused-ring (bicyclic) bond motifs is 1. The zero-order valence-electron chi connectivity index (χ0n) is 18.4. The number of anilines is 4. The van der Waals surface area contributed by atoms with Crippen LogP contribution in [0.15, 0.2) is 108 Å². The fourth-order valence-corrected chi connectivity index (χ4v) is 4.31. The lowest BCUT2D eigenvalue weighted by Crippen LogP contribution is -2.24. The van der Waals surface area contributed by atoms with E-state index >= 15 is 0 Å². The number of aryl methyl sites for hydroxylation is 2. The van der Waals surface area contributed by atoms with Crippen molar-refractivity contribution in [3.63, 3.8) is 0 Å². The molecule has 4 aromatic rings. The average molecular weight is 418 g/mol. The molecule has 0 unspecified atom stereocenters. The van der Waals surface area contributed by atoms with Crippen molar-refractivity contribution < 1.29 is 0 Å². The molecule has 4 aromatic carbocycles. The van der Waals surface area contributed by atoms with Gasteiger partial charge in [-0.25, -0.2) is 5.01 Å². The van der Waals surface area contributed by atoms with E-state index in [1.807, 2.05) is 47.6 Å². The molecule has 3 heteroatoms. The van der Waals surface area contributed by atoms with Crippen molar-refractivity contribution in [1.29, 1.82) is 0 Å². The van der Waals surface area contributed by atoms with Gasteiger partial charge in [-0.2, -0.15) is 5.10 Å². The van der Waals surface area contributed by atoms with Crippen molar-refractivity contribution in [3.8, 4) is 0 Å². The molecule has 0 aromatic heterocycles. The van der Waals surface area contributed by atoms with Crippen molar-refractivity contribution in [2.75, 3.05) is 16.5 Å². The zero-order chi connectivity index (χ0) is 21.8. The Bertz CT molecular complexity index is 1180. The topological polar surface area (TPSA) is 18.8 Å². The summed E-state index contributed by atoms with van der Waals surface area (Å²) in [5.74, 6) is 0. The first-order valence-electron chi connectivity index (χ1n) is 11.2. The van der Waals surface area contributed by atoms with Crippen molar-refractivity contribution in [1.82, 2.24) is 0 Å². The summed E-state index contributed by atoms with van der Waals surface area (Å²) in [7, 11) is 0. The first-order chi connectivity index (χ1) is 15.8. The van der Waals surface area contributed by atoms with E-state index in [2.05, 4.69) is 78.6 Å². The molecule has 0 aliphatic carbocycles. The normalized spacial score (nSPS) is 13.2. The largest absolute Gasteiger partial charge is 0.341 e. The Morgan fingerprint density at radius 2 is 1.50 bits per heavy atom. The average Bonchev–Trinajstić information content (AvgIpc) is 2.85. The predicted molar refractivity (Wildman–Crippen MR) is 136 cm³/mol. The van der Waals surface area contributed by atoms with Crippen LogP contribution in [0.4, 0.5) is 22.7 Å². The van der Waals surface area contributed by atoms with Crippen LogP contribution in [-0.4, -0.2) is 12.8 Å². The summed E-state index contributed by atoms with van der Waals surface area (Å²) >= 11 is 0. The lowest BCUT2D eigenvalue weighted by molar-refractivity contribution is 0.766. The van der Waals surface area contributed by atoms with Crippen molar-refractivity contribution in [2.45, 2.75) is 19.8 Å². The van der Waals surface area contributed by atoms with Crippen molar-refractivity contribution in [3.05, 3.63) is 120 Å². The Hall–Kier alpha value is -3.85. The molecule has 0 fully saturated rings. The van der Waals surface area contributed by atoms with Crippen molar-refractivity contribution >= 4 is 29.0 Å². The van der Waals surface area contributed by atoms with Crippen molar-refractivity contribution in [2.24, 2.45) is 5.10 Å². The van der Waals surface area contributed by atoms with Gasteiger partial charge in [0, 0.05) is 17.9 Å². The molecule has 0 saturated carbocycles. The summed E-state index contributed by atoms with van der Waals surface area (Å²) in [6.07, 6.45) is 4.22. The van der Waals surface area contributed by atoms with E-state index in [1.165, 1.54) is 22.5 Å². The second kappa shape index (κ2) is 9.11. The molecule has 0 spiro atoms. The van der Waals surface area contributed by atoms with Gasteiger partial charge in [-0.1, -0.05) is 54.6 Å². The standard InChI is InChI=1S/C29H27N3/c1-23-10-8-16-28(20-23)31-19-9-11-25-21-24(17-18-29(25)31)22-30-32(26-12-4-2-5-13-26)27-14-6-3-7-15-27/h2-8,10,12-18,20-22H,9,11,19H2,1H3/b30-22+. The molecule has 3 nitrogen and oxygen atoms in total. The third-order valence-electron chi connectivity index (χ3n) is 5.86. The fourth-order valence-electron chi connectivity index (χ4n) is 4.31. The van der Waals surface area contributed by atoms with Gasteiger partial charge in [0.2, 0.25) is 0 Å². The molecule has 1 aliphatic rings. The minimum Gasteiger partial charge on any atom is -0.341 e. The number of nitrogens with zero attached hydrogens (tertiary/aromatic N) is 3. The fraction of sp³-hybridized carbons (Fsp3) is 0.138. The number of hydrogen-bond donors (Lipinski definition) is 0. The number of para-hydroxylation sites is 2. The summed E-state index contributed by atoms with van der Waals surface area (Å²) < 4.78 is 0. The summed E-state index contributed by atoms with van der Waals surface area (Å²) in [5.41, 5.74) is 8.45. The van der Waals surface area contributed by atoms with Crippen LogP contribution in [0.1, 0.15) is 23.1 Å². The Balaban J connectivity index is 1.45. The number of hydrogen-bond acceptors (Lipinski definition) is 3. The molecule has 0 amide bonds. The van der Waals surface area contributed by atoms with Gasteiger partial charge in [0.05, 0.1) is 17.6 Å². The molecular weight excluding hydrogens is 390 g/mol. The van der Waals surface area contributed by atoms with Gasteiger partial charge in [0.25, 0.3) is 0 Å². The molecule has 0 radical (unpaired) electrons. The van der Waals surface area contributed by atoms with E-state index in [0.717, 1.165) is 36.3 Å².